The van der Waals surface area contributed by atoms with E-state index in [-0.39, 0.29) is 36.7 Å². The number of fused-ring (bicyclic) bond motifs is 1. The molecule has 174 valence electrons. The molecule has 1 fully saturated rings. The van der Waals surface area contributed by atoms with Crippen molar-refractivity contribution in [2.75, 3.05) is 20.2 Å². The number of Topliss-reactive ketones (excluding diaryl/α,β-unsaturated/α-hetero) is 2. The minimum absolute atomic E-state index is 0.0272. The van der Waals surface area contributed by atoms with Crippen molar-refractivity contribution in [3.8, 4) is 11.5 Å². The largest absolute Gasteiger partial charge is 0.496 e. The summed E-state index contributed by atoms with van der Waals surface area (Å²) >= 11 is 6.11. The number of methoxy groups -OCH3 is 1. The second kappa shape index (κ2) is 9.18. The van der Waals surface area contributed by atoms with Crippen molar-refractivity contribution in [3.63, 3.8) is 0 Å². The number of likely N-dealkylation sites (tertiary alicyclic amines) is 1. The van der Waals surface area contributed by atoms with Crippen molar-refractivity contribution in [2.24, 2.45) is 0 Å². The first kappa shape index (κ1) is 23.3. The summed E-state index contributed by atoms with van der Waals surface area (Å²) in [6.07, 6.45) is 1.70. The van der Waals surface area contributed by atoms with Gasteiger partial charge in [-0.15, -0.1) is 0 Å². The number of rotatable bonds is 5. The highest BCUT2D eigenvalue weighted by Crippen LogP contribution is 2.42. The fraction of sp³-hybridized carbons (Fsp3) is 0.423. The molecule has 0 unspecified atom stereocenters. The van der Waals surface area contributed by atoms with E-state index in [1.807, 2.05) is 19.9 Å². The average molecular weight is 470 g/mol. The lowest BCUT2D eigenvalue weighted by Gasteiger charge is -2.44. The van der Waals surface area contributed by atoms with Gasteiger partial charge >= 0.3 is 0 Å². The number of hydrogen-bond donors (Lipinski definition) is 0. The molecule has 0 saturated carbocycles. The summed E-state index contributed by atoms with van der Waals surface area (Å²) in [4.78, 5) is 40.1. The van der Waals surface area contributed by atoms with Crippen LogP contribution in [0.2, 0.25) is 5.02 Å². The normalized spacial score (nSPS) is 16.8. The molecule has 7 heteroatoms. The molecule has 4 rings (SSSR count). The van der Waals surface area contributed by atoms with Crippen LogP contribution in [0.15, 0.2) is 30.3 Å². The predicted octanol–water partition coefficient (Wildman–Crippen LogP) is 4.95. The molecule has 0 bridgehead atoms. The van der Waals surface area contributed by atoms with Gasteiger partial charge in [-0.1, -0.05) is 23.2 Å². The monoisotopic (exact) mass is 469 g/mol. The Morgan fingerprint density at radius 1 is 1.12 bits per heavy atom. The smallest absolute Gasteiger partial charge is 0.223 e. The summed E-state index contributed by atoms with van der Waals surface area (Å²) in [5.74, 6) is 0.987. The minimum Gasteiger partial charge on any atom is -0.496 e. The number of carbonyl (C=O) groups excluding carboxylic acids is 3. The third-order valence-electron chi connectivity index (χ3n) is 6.59. The Bertz CT molecular complexity index is 1120. The SMILES string of the molecule is COc1ccc(C)cc1C(=O)CCC(=O)N1CCC2(CC1)CC(=O)c1cc(Cl)cc(C)c1O2. The summed E-state index contributed by atoms with van der Waals surface area (Å²) in [5.41, 5.74) is 2.26. The van der Waals surface area contributed by atoms with Gasteiger partial charge in [-0.05, 0) is 43.7 Å². The van der Waals surface area contributed by atoms with E-state index >= 15 is 0 Å². The first-order chi connectivity index (χ1) is 15.7. The number of piperidine rings is 1. The molecular weight excluding hydrogens is 442 g/mol. The molecule has 33 heavy (non-hydrogen) atoms. The minimum atomic E-state index is -0.593. The van der Waals surface area contributed by atoms with E-state index in [0.29, 0.717) is 53.6 Å². The van der Waals surface area contributed by atoms with Crippen LogP contribution in [0, 0.1) is 13.8 Å². The average Bonchev–Trinajstić information content (AvgIpc) is 2.78. The second-order valence-electron chi connectivity index (χ2n) is 8.99. The van der Waals surface area contributed by atoms with Crippen LogP contribution >= 0.6 is 11.6 Å². The van der Waals surface area contributed by atoms with Crippen molar-refractivity contribution in [2.45, 2.75) is 51.6 Å². The standard InChI is InChI=1S/C26H28ClNO5/c1-16-4-6-23(32-3)19(12-16)21(29)5-7-24(31)28-10-8-26(9-11-28)15-22(30)20-14-18(27)13-17(2)25(20)33-26/h4,6,12-14H,5,7-11,15H2,1-3H3. The number of amides is 1. The summed E-state index contributed by atoms with van der Waals surface area (Å²) in [5, 5.41) is 0.525. The van der Waals surface area contributed by atoms with E-state index in [2.05, 4.69) is 0 Å². The molecular formula is C26H28ClNO5. The van der Waals surface area contributed by atoms with Crippen molar-refractivity contribution in [1.29, 1.82) is 0 Å². The molecule has 0 atom stereocenters. The van der Waals surface area contributed by atoms with Crippen molar-refractivity contribution < 1.29 is 23.9 Å². The Kier molecular flexibility index (Phi) is 6.48. The molecule has 1 spiro atoms. The van der Waals surface area contributed by atoms with Gasteiger partial charge < -0.3 is 14.4 Å². The number of ether oxygens (including phenoxy) is 2. The molecule has 1 saturated heterocycles. The van der Waals surface area contributed by atoms with Gasteiger partial charge in [-0.3, -0.25) is 14.4 Å². The Labute approximate surface area is 198 Å². The van der Waals surface area contributed by atoms with Gasteiger partial charge in [-0.2, -0.15) is 0 Å². The molecule has 0 aromatic heterocycles. The first-order valence-electron chi connectivity index (χ1n) is 11.2. The number of benzene rings is 2. The highest BCUT2D eigenvalue weighted by atomic mass is 35.5. The van der Waals surface area contributed by atoms with Crippen LogP contribution < -0.4 is 9.47 Å². The highest BCUT2D eigenvalue weighted by molar-refractivity contribution is 6.31. The Morgan fingerprint density at radius 3 is 2.55 bits per heavy atom. The van der Waals surface area contributed by atoms with Crippen LogP contribution in [0.1, 0.15) is 63.9 Å². The van der Waals surface area contributed by atoms with Gasteiger partial charge in [0.1, 0.15) is 17.1 Å². The van der Waals surface area contributed by atoms with Crippen LogP contribution in [-0.2, 0) is 4.79 Å². The maximum absolute atomic E-state index is 12.8. The third kappa shape index (κ3) is 4.76. The third-order valence-corrected chi connectivity index (χ3v) is 6.81. The summed E-state index contributed by atoms with van der Waals surface area (Å²) in [6, 6.07) is 8.91. The van der Waals surface area contributed by atoms with Gasteiger partial charge in [0.05, 0.1) is 24.7 Å². The van der Waals surface area contributed by atoms with Gasteiger partial charge in [0.2, 0.25) is 5.91 Å². The number of nitrogens with zero attached hydrogens (tertiary/aromatic N) is 1. The van der Waals surface area contributed by atoms with Crippen molar-refractivity contribution in [3.05, 3.63) is 57.6 Å². The quantitative estimate of drug-likeness (QED) is 0.579. The first-order valence-corrected chi connectivity index (χ1v) is 11.6. The van der Waals surface area contributed by atoms with Crippen molar-refractivity contribution >= 4 is 29.1 Å². The zero-order valence-electron chi connectivity index (χ0n) is 19.2. The van der Waals surface area contributed by atoms with Gasteiger partial charge in [0, 0.05) is 43.8 Å². The lowest BCUT2D eigenvalue weighted by atomic mass is 9.82. The van der Waals surface area contributed by atoms with Gasteiger partial charge in [0.15, 0.2) is 11.6 Å². The molecule has 2 heterocycles. The van der Waals surface area contributed by atoms with E-state index < -0.39 is 5.60 Å². The lowest BCUT2D eigenvalue weighted by Crippen LogP contribution is -2.52. The number of ketones is 2. The molecule has 1 amide bonds. The highest BCUT2D eigenvalue weighted by Gasteiger charge is 2.44. The zero-order chi connectivity index (χ0) is 23.8. The van der Waals surface area contributed by atoms with Crippen LogP contribution in [0.3, 0.4) is 0 Å². The fourth-order valence-electron chi connectivity index (χ4n) is 4.71. The van der Waals surface area contributed by atoms with Crippen LogP contribution in [0.25, 0.3) is 0 Å². The van der Waals surface area contributed by atoms with E-state index in [9.17, 15) is 14.4 Å². The van der Waals surface area contributed by atoms with Crippen LogP contribution in [0.5, 0.6) is 11.5 Å². The predicted molar refractivity (Wildman–Crippen MR) is 126 cm³/mol. The Morgan fingerprint density at radius 2 is 1.85 bits per heavy atom. The summed E-state index contributed by atoms with van der Waals surface area (Å²) in [7, 11) is 1.53. The van der Waals surface area contributed by atoms with Gasteiger partial charge in [0.25, 0.3) is 0 Å². The number of carbonyl (C=O) groups is 3. The Hall–Kier alpha value is -2.86. The maximum Gasteiger partial charge on any atom is 0.223 e. The molecule has 0 N–H and O–H groups in total. The second-order valence-corrected chi connectivity index (χ2v) is 9.43. The zero-order valence-corrected chi connectivity index (χ0v) is 20.0. The topological polar surface area (TPSA) is 72.9 Å². The molecule has 2 aromatic rings. The van der Waals surface area contributed by atoms with Crippen molar-refractivity contribution in [1.82, 2.24) is 4.90 Å². The number of halogens is 1. The fourth-order valence-corrected chi connectivity index (χ4v) is 4.98. The molecule has 2 aromatic carbocycles. The maximum atomic E-state index is 12.8. The summed E-state index contributed by atoms with van der Waals surface area (Å²) < 4.78 is 11.6. The molecule has 6 nitrogen and oxygen atoms in total. The molecule has 0 aliphatic carbocycles. The van der Waals surface area contributed by atoms with Crippen LogP contribution in [-0.4, -0.2) is 48.2 Å². The molecule has 0 radical (unpaired) electrons. The lowest BCUT2D eigenvalue weighted by molar-refractivity contribution is -0.134. The van der Waals surface area contributed by atoms with E-state index in [4.69, 9.17) is 21.1 Å². The van der Waals surface area contributed by atoms with Gasteiger partial charge in [-0.25, -0.2) is 0 Å². The summed E-state index contributed by atoms with van der Waals surface area (Å²) in [6.45, 7) is 4.79. The Balaban J connectivity index is 1.36. The molecule has 2 aliphatic heterocycles. The van der Waals surface area contributed by atoms with E-state index in [1.54, 1.807) is 29.2 Å². The molecule has 2 aliphatic rings. The number of aryl methyl sites for hydroxylation is 2. The van der Waals surface area contributed by atoms with E-state index in [1.165, 1.54) is 7.11 Å². The van der Waals surface area contributed by atoms with E-state index in [0.717, 1.165) is 11.1 Å². The van der Waals surface area contributed by atoms with Crippen LogP contribution in [0.4, 0.5) is 0 Å². The number of hydrogen-bond acceptors (Lipinski definition) is 5.